The fourth-order valence-electron chi connectivity index (χ4n) is 1.11. The van der Waals surface area contributed by atoms with Crippen molar-refractivity contribution >= 4 is 45.6 Å². The van der Waals surface area contributed by atoms with Gasteiger partial charge < -0.3 is 2.85 Å². The van der Waals surface area contributed by atoms with Crippen LogP contribution in [0.5, 0.6) is 0 Å². The fraction of sp³-hybridized carbons (Fsp3) is 1.00. The summed E-state index contributed by atoms with van der Waals surface area (Å²) in [5.41, 5.74) is 0. The van der Waals surface area contributed by atoms with Gasteiger partial charge >= 0.3 is 23.1 Å². The van der Waals surface area contributed by atoms with Crippen molar-refractivity contribution in [2.45, 2.75) is 36.0 Å². The quantitative estimate of drug-likeness (QED) is 0.344. The molecule has 46 valence electrons. The van der Waals surface area contributed by atoms with Gasteiger partial charge in [-0.2, -0.15) is 0 Å². The van der Waals surface area contributed by atoms with Crippen molar-refractivity contribution in [1.29, 1.82) is 0 Å². The van der Waals surface area contributed by atoms with E-state index in [1.807, 2.05) is 0 Å². The molecule has 0 bridgehead atoms. The van der Waals surface area contributed by atoms with Crippen LogP contribution in [0.3, 0.4) is 0 Å². The molecule has 1 aliphatic rings. The third kappa shape index (κ3) is 2.87. The van der Waals surface area contributed by atoms with Crippen LogP contribution < -0.4 is 0 Å². The van der Waals surface area contributed by atoms with Crippen LogP contribution in [0.15, 0.2) is 0 Å². The normalized spacial score (nSPS) is 24.8. The predicted octanol–water partition coefficient (Wildman–Crippen LogP) is 2.60. The first-order valence-corrected chi connectivity index (χ1v) is 3.97. The third-order valence-electron chi connectivity index (χ3n) is 1.65. The summed E-state index contributed by atoms with van der Waals surface area (Å²) in [5, 5.41) is 0. The van der Waals surface area contributed by atoms with Crippen molar-refractivity contribution in [3.8, 4) is 0 Å². The average molecular weight is 236 g/mol. The van der Waals surface area contributed by atoms with Gasteiger partial charge in [-0.15, -0.1) is 0 Å². The van der Waals surface area contributed by atoms with Crippen LogP contribution >= 0.6 is 22.6 Å². The molecule has 0 saturated heterocycles. The van der Waals surface area contributed by atoms with Gasteiger partial charge in [0, 0.05) is 3.42 Å². The molecule has 1 fully saturated rings. The van der Waals surface area contributed by atoms with Crippen LogP contribution in [0.4, 0.5) is 0 Å². The van der Waals surface area contributed by atoms with Crippen LogP contribution in [0.1, 0.15) is 35.5 Å². The second-order valence-corrected chi connectivity index (χ2v) is 5.22. The maximum absolute atomic E-state index is 2.57. The van der Waals surface area contributed by atoms with Crippen molar-refractivity contribution in [3.05, 3.63) is 0 Å². The molecule has 0 aromatic carbocycles. The standard InChI is InChI=1S/C6H11I.Mg.2H/c1-6(7)4-2-3-5-6;;;/h2-5H2,1H3;;;/q;+2;2*-1. The Labute approximate surface area is 84.1 Å². The molecule has 0 N–H and O–H groups in total. The largest absolute Gasteiger partial charge is 2.00 e. The Morgan fingerprint density at radius 1 is 1.38 bits per heavy atom. The van der Waals surface area contributed by atoms with Crippen molar-refractivity contribution in [2.75, 3.05) is 0 Å². The molecule has 1 rings (SSSR count). The number of alkyl halides is 1. The molecule has 0 aliphatic heterocycles. The summed E-state index contributed by atoms with van der Waals surface area (Å²) < 4.78 is 0.664. The molecule has 0 amide bonds. The molecule has 0 nitrogen and oxygen atoms in total. The van der Waals surface area contributed by atoms with E-state index in [-0.39, 0.29) is 25.9 Å². The zero-order chi connectivity index (χ0) is 5.33. The molecule has 2 heteroatoms. The van der Waals surface area contributed by atoms with Crippen LogP contribution in [0.2, 0.25) is 0 Å². The minimum absolute atomic E-state index is 0. The maximum Gasteiger partial charge on any atom is 2.00 e. The monoisotopic (exact) mass is 236 g/mol. The van der Waals surface area contributed by atoms with E-state index in [0.29, 0.717) is 3.42 Å². The van der Waals surface area contributed by atoms with Crippen LogP contribution in [-0.4, -0.2) is 26.5 Å². The molecule has 0 aromatic rings. The average Bonchev–Trinajstić information content (AvgIpc) is 1.84. The van der Waals surface area contributed by atoms with E-state index in [4.69, 9.17) is 0 Å². The SMILES string of the molecule is CC1(I)CCCC1.[H-].[H-].[Mg+2]. The summed E-state index contributed by atoms with van der Waals surface area (Å²) in [4.78, 5) is 0. The Morgan fingerprint density at radius 3 is 1.88 bits per heavy atom. The minimum Gasteiger partial charge on any atom is -1.00 e. The van der Waals surface area contributed by atoms with Crippen molar-refractivity contribution < 1.29 is 2.85 Å². The Morgan fingerprint density at radius 2 is 1.75 bits per heavy atom. The molecule has 0 aromatic heterocycles. The summed E-state index contributed by atoms with van der Waals surface area (Å²) in [7, 11) is 0. The van der Waals surface area contributed by atoms with E-state index in [2.05, 4.69) is 29.5 Å². The summed E-state index contributed by atoms with van der Waals surface area (Å²) in [6.45, 7) is 2.35. The van der Waals surface area contributed by atoms with Crippen molar-refractivity contribution in [3.63, 3.8) is 0 Å². The van der Waals surface area contributed by atoms with E-state index in [1.54, 1.807) is 0 Å². The Hall–Kier alpha value is 1.50. The summed E-state index contributed by atoms with van der Waals surface area (Å²) in [6.07, 6.45) is 5.79. The maximum atomic E-state index is 2.57. The molecular formula is C6H13IMg. The molecule has 8 heavy (non-hydrogen) atoms. The Kier molecular flexibility index (Phi) is 4.29. The van der Waals surface area contributed by atoms with E-state index in [0.717, 1.165) is 0 Å². The van der Waals surface area contributed by atoms with Gasteiger partial charge in [0.05, 0.1) is 0 Å². The van der Waals surface area contributed by atoms with Crippen LogP contribution in [0.25, 0.3) is 0 Å². The first kappa shape index (κ1) is 9.50. The van der Waals surface area contributed by atoms with Gasteiger partial charge in [-0.3, -0.25) is 0 Å². The van der Waals surface area contributed by atoms with Gasteiger partial charge in [-0.05, 0) is 12.8 Å². The number of hydrogen-bond acceptors (Lipinski definition) is 0. The molecule has 0 atom stereocenters. The van der Waals surface area contributed by atoms with Gasteiger partial charge in [0.15, 0.2) is 0 Å². The molecule has 1 saturated carbocycles. The van der Waals surface area contributed by atoms with Gasteiger partial charge in [0.25, 0.3) is 0 Å². The second kappa shape index (κ2) is 3.61. The Balaban J connectivity index is -0.000000163. The van der Waals surface area contributed by atoms with E-state index in [1.165, 1.54) is 25.7 Å². The van der Waals surface area contributed by atoms with Crippen LogP contribution in [-0.2, 0) is 0 Å². The Bertz CT molecular complexity index is 70.1. The van der Waals surface area contributed by atoms with Gasteiger partial charge in [0.1, 0.15) is 0 Å². The van der Waals surface area contributed by atoms with E-state index in [9.17, 15) is 0 Å². The molecule has 0 spiro atoms. The minimum atomic E-state index is 0. The van der Waals surface area contributed by atoms with Gasteiger partial charge in [-0.25, -0.2) is 0 Å². The molecule has 0 radical (unpaired) electrons. The smallest absolute Gasteiger partial charge is 1.00 e. The van der Waals surface area contributed by atoms with E-state index < -0.39 is 0 Å². The summed E-state index contributed by atoms with van der Waals surface area (Å²) in [6, 6.07) is 0. The molecule has 0 heterocycles. The topological polar surface area (TPSA) is 0 Å². The number of halogens is 1. The van der Waals surface area contributed by atoms with Gasteiger partial charge in [0.2, 0.25) is 0 Å². The fourth-order valence-corrected chi connectivity index (χ4v) is 1.87. The predicted molar refractivity (Wildman–Crippen MR) is 48.9 cm³/mol. The van der Waals surface area contributed by atoms with Crippen molar-refractivity contribution in [1.82, 2.24) is 0 Å². The number of rotatable bonds is 0. The second-order valence-electron chi connectivity index (χ2n) is 2.62. The first-order valence-electron chi connectivity index (χ1n) is 2.90. The molecule has 0 unspecified atom stereocenters. The summed E-state index contributed by atoms with van der Waals surface area (Å²) >= 11 is 2.57. The number of hydrogen-bond donors (Lipinski definition) is 0. The zero-order valence-corrected chi connectivity index (χ0v) is 8.99. The van der Waals surface area contributed by atoms with E-state index >= 15 is 0 Å². The van der Waals surface area contributed by atoms with Gasteiger partial charge in [-0.1, -0.05) is 42.4 Å². The molecule has 1 aliphatic carbocycles. The molecular weight excluding hydrogens is 223 g/mol. The third-order valence-corrected chi connectivity index (χ3v) is 2.72. The van der Waals surface area contributed by atoms with Crippen molar-refractivity contribution in [2.24, 2.45) is 0 Å². The summed E-state index contributed by atoms with van der Waals surface area (Å²) in [5.74, 6) is 0. The zero-order valence-electron chi connectivity index (χ0n) is 7.41. The first-order chi connectivity index (χ1) is 3.21. The van der Waals surface area contributed by atoms with Crippen LogP contribution in [0, 0.1) is 0 Å².